The Hall–Kier alpha value is -2.88. The molecule has 0 fully saturated rings. The summed E-state index contributed by atoms with van der Waals surface area (Å²) in [5.74, 6) is 3.34. The van der Waals surface area contributed by atoms with E-state index >= 15 is 0 Å². The number of benzene rings is 1. The standard InChI is InChI=1S/C11H10F2N6O2/c12-7-2-1-6(8(13)3-7)4-15-10-9(19(20)21)11(18-14)17-5-16-10/h1-3,5H,4,14H2,(H2,15,16,17,18). The third-order valence-electron chi connectivity index (χ3n) is 2.60. The van der Waals surface area contributed by atoms with Crippen LogP contribution in [0.15, 0.2) is 24.5 Å². The molecule has 0 amide bonds. The van der Waals surface area contributed by atoms with Crippen molar-refractivity contribution in [1.29, 1.82) is 0 Å². The number of nitro groups is 1. The molecule has 110 valence electrons. The topological polar surface area (TPSA) is 119 Å². The lowest BCUT2D eigenvalue weighted by atomic mass is 10.2. The summed E-state index contributed by atoms with van der Waals surface area (Å²) in [5, 5.41) is 13.6. The molecule has 21 heavy (non-hydrogen) atoms. The van der Waals surface area contributed by atoms with Gasteiger partial charge in [-0.2, -0.15) is 0 Å². The smallest absolute Gasteiger partial charge is 0.354 e. The molecule has 2 rings (SSSR count). The van der Waals surface area contributed by atoms with Gasteiger partial charge in [0.2, 0.25) is 11.6 Å². The van der Waals surface area contributed by atoms with Crippen molar-refractivity contribution in [2.24, 2.45) is 5.84 Å². The molecule has 0 saturated heterocycles. The maximum Gasteiger partial charge on any atom is 0.354 e. The van der Waals surface area contributed by atoms with Gasteiger partial charge in [-0.25, -0.2) is 24.6 Å². The van der Waals surface area contributed by atoms with Crippen LogP contribution in [0.1, 0.15) is 5.56 Å². The molecule has 0 unspecified atom stereocenters. The van der Waals surface area contributed by atoms with E-state index in [0.717, 1.165) is 18.5 Å². The molecule has 0 aliphatic rings. The molecule has 1 aromatic heterocycles. The van der Waals surface area contributed by atoms with E-state index in [1.165, 1.54) is 6.07 Å². The number of rotatable bonds is 5. The first-order valence-corrected chi connectivity index (χ1v) is 5.66. The van der Waals surface area contributed by atoms with Crippen molar-refractivity contribution in [3.63, 3.8) is 0 Å². The van der Waals surface area contributed by atoms with Crippen molar-refractivity contribution >= 4 is 17.3 Å². The Kier molecular flexibility index (Phi) is 4.18. The van der Waals surface area contributed by atoms with Crippen molar-refractivity contribution in [2.75, 3.05) is 10.7 Å². The molecule has 2 aromatic rings. The molecule has 4 N–H and O–H groups in total. The van der Waals surface area contributed by atoms with Crippen LogP contribution in [0.25, 0.3) is 0 Å². The second kappa shape index (κ2) is 6.05. The number of aromatic nitrogens is 2. The summed E-state index contributed by atoms with van der Waals surface area (Å²) in [6.45, 7) is -0.117. The lowest BCUT2D eigenvalue weighted by Crippen LogP contribution is -2.14. The van der Waals surface area contributed by atoms with Gasteiger partial charge in [0.1, 0.15) is 18.0 Å². The number of hydrogen-bond acceptors (Lipinski definition) is 7. The SMILES string of the molecule is NNc1ncnc(NCc2ccc(F)cc2F)c1[N+](=O)[O-]. The van der Waals surface area contributed by atoms with Crippen molar-refractivity contribution in [2.45, 2.75) is 6.54 Å². The largest absolute Gasteiger partial charge is 0.360 e. The summed E-state index contributed by atoms with van der Waals surface area (Å²) in [7, 11) is 0. The highest BCUT2D eigenvalue weighted by Gasteiger charge is 2.22. The van der Waals surface area contributed by atoms with Crippen molar-refractivity contribution in [1.82, 2.24) is 9.97 Å². The number of hydrazine groups is 1. The fourth-order valence-corrected chi connectivity index (χ4v) is 1.63. The van der Waals surface area contributed by atoms with Crippen LogP contribution in [-0.4, -0.2) is 14.9 Å². The number of hydrogen-bond donors (Lipinski definition) is 3. The Bertz CT molecular complexity index is 682. The van der Waals surface area contributed by atoms with Crippen LogP contribution in [0.4, 0.5) is 26.1 Å². The molecule has 0 aliphatic heterocycles. The third-order valence-corrected chi connectivity index (χ3v) is 2.60. The number of halogens is 2. The minimum Gasteiger partial charge on any atom is -0.360 e. The zero-order valence-corrected chi connectivity index (χ0v) is 10.5. The van der Waals surface area contributed by atoms with Crippen LogP contribution >= 0.6 is 0 Å². The summed E-state index contributed by atoms with van der Waals surface area (Å²) in [6, 6.07) is 3.03. The molecule has 8 nitrogen and oxygen atoms in total. The Labute approximate surface area is 117 Å². The number of nitrogens with zero attached hydrogens (tertiary/aromatic N) is 3. The fraction of sp³-hybridized carbons (Fsp3) is 0.0909. The van der Waals surface area contributed by atoms with Crippen molar-refractivity contribution < 1.29 is 13.7 Å². The number of anilines is 2. The van der Waals surface area contributed by atoms with Crippen molar-refractivity contribution in [3.8, 4) is 0 Å². The average molecular weight is 296 g/mol. The molecule has 10 heteroatoms. The first-order valence-electron chi connectivity index (χ1n) is 5.66. The zero-order valence-electron chi connectivity index (χ0n) is 10.5. The summed E-state index contributed by atoms with van der Waals surface area (Å²) in [6.07, 6.45) is 1.06. The highest BCUT2D eigenvalue weighted by Crippen LogP contribution is 2.28. The highest BCUT2D eigenvalue weighted by atomic mass is 19.1. The van der Waals surface area contributed by atoms with E-state index in [1.807, 2.05) is 0 Å². The summed E-state index contributed by atoms with van der Waals surface area (Å²) < 4.78 is 26.3. The van der Waals surface area contributed by atoms with Gasteiger partial charge in [0.15, 0.2) is 0 Å². The molecule has 1 heterocycles. The first kappa shape index (κ1) is 14.5. The molecule has 0 atom stereocenters. The lowest BCUT2D eigenvalue weighted by Gasteiger charge is -2.08. The molecular weight excluding hydrogens is 286 g/mol. The highest BCUT2D eigenvalue weighted by molar-refractivity contribution is 5.68. The van der Waals surface area contributed by atoms with Crippen LogP contribution in [0, 0.1) is 21.7 Å². The predicted molar refractivity (Wildman–Crippen MR) is 70.2 cm³/mol. The third kappa shape index (κ3) is 3.17. The van der Waals surface area contributed by atoms with E-state index < -0.39 is 22.2 Å². The van der Waals surface area contributed by atoms with Crippen LogP contribution in [-0.2, 0) is 6.54 Å². The Morgan fingerprint density at radius 3 is 2.62 bits per heavy atom. The molecule has 0 bridgehead atoms. The molecule has 0 saturated carbocycles. The number of nitrogens with one attached hydrogen (secondary N) is 2. The number of nitrogens with two attached hydrogens (primary N) is 1. The van der Waals surface area contributed by atoms with Gasteiger partial charge < -0.3 is 10.7 Å². The Balaban J connectivity index is 2.26. The molecule has 0 spiro atoms. The maximum absolute atomic E-state index is 13.5. The summed E-state index contributed by atoms with van der Waals surface area (Å²) >= 11 is 0. The minimum atomic E-state index is -0.767. The van der Waals surface area contributed by atoms with E-state index in [0.29, 0.717) is 0 Å². The van der Waals surface area contributed by atoms with Crippen molar-refractivity contribution in [3.05, 3.63) is 51.8 Å². The summed E-state index contributed by atoms with van der Waals surface area (Å²) in [4.78, 5) is 17.6. The van der Waals surface area contributed by atoms with Crippen LogP contribution in [0.2, 0.25) is 0 Å². The van der Waals surface area contributed by atoms with Crippen LogP contribution in [0.3, 0.4) is 0 Å². The van der Waals surface area contributed by atoms with Gasteiger partial charge in [-0.3, -0.25) is 10.1 Å². The normalized spacial score (nSPS) is 10.2. The Morgan fingerprint density at radius 2 is 2.00 bits per heavy atom. The second-order valence-electron chi connectivity index (χ2n) is 3.91. The van der Waals surface area contributed by atoms with Crippen LogP contribution in [0.5, 0.6) is 0 Å². The van der Waals surface area contributed by atoms with E-state index in [1.54, 1.807) is 0 Å². The lowest BCUT2D eigenvalue weighted by molar-refractivity contribution is -0.383. The van der Waals surface area contributed by atoms with Gasteiger partial charge >= 0.3 is 5.69 Å². The molecule has 0 radical (unpaired) electrons. The maximum atomic E-state index is 13.5. The van der Waals surface area contributed by atoms with E-state index in [9.17, 15) is 18.9 Å². The average Bonchev–Trinajstić information content (AvgIpc) is 2.45. The monoisotopic (exact) mass is 296 g/mol. The van der Waals surface area contributed by atoms with Gasteiger partial charge in [-0.05, 0) is 6.07 Å². The van der Waals surface area contributed by atoms with E-state index in [2.05, 4.69) is 20.7 Å². The number of nitrogen functional groups attached to an aromatic ring is 1. The fourth-order valence-electron chi connectivity index (χ4n) is 1.63. The van der Waals surface area contributed by atoms with Crippen LogP contribution < -0.4 is 16.6 Å². The predicted octanol–water partition coefficient (Wildman–Crippen LogP) is 1.56. The summed E-state index contributed by atoms with van der Waals surface area (Å²) in [5.41, 5.74) is 1.74. The second-order valence-corrected chi connectivity index (χ2v) is 3.91. The Morgan fingerprint density at radius 1 is 1.29 bits per heavy atom. The quantitative estimate of drug-likeness (QED) is 0.435. The minimum absolute atomic E-state index is 0.117. The van der Waals surface area contributed by atoms with Gasteiger partial charge in [-0.15, -0.1) is 0 Å². The molecular formula is C11H10F2N6O2. The zero-order chi connectivity index (χ0) is 15.4. The first-order chi connectivity index (χ1) is 10.0. The van der Waals surface area contributed by atoms with Gasteiger partial charge in [0, 0.05) is 18.2 Å². The molecule has 0 aliphatic carbocycles. The molecule has 1 aromatic carbocycles. The van der Waals surface area contributed by atoms with E-state index in [-0.39, 0.29) is 23.7 Å². The van der Waals surface area contributed by atoms with Gasteiger partial charge in [0.25, 0.3) is 0 Å². The van der Waals surface area contributed by atoms with E-state index in [4.69, 9.17) is 5.84 Å². The van der Waals surface area contributed by atoms with Gasteiger partial charge in [0.05, 0.1) is 4.92 Å². The van der Waals surface area contributed by atoms with Gasteiger partial charge in [-0.1, -0.05) is 6.07 Å².